The molecule has 0 fully saturated rings. The highest BCUT2D eigenvalue weighted by molar-refractivity contribution is 6.09. The molecule has 11 aromatic rings. The average molecular weight is 791 g/mol. The topological polar surface area (TPSA) is 38.9 Å². The van der Waals surface area contributed by atoms with Crippen molar-refractivity contribution < 1.29 is 4.42 Å². The van der Waals surface area contributed by atoms with Crippen LogP contribution in [0.5, 0.6) is 0 Å². The Morgan fingerprint density at radius 2 is 0.823 bits per heavy atom. The van der Waals surface area contributed by atoms with Crippen LogP contribution < -0.4 is 0 Å². The molecule has 0 saturated carbocycles. The SMILES string of the molecule is c1ccc(-c2nc(-c3ccc(-c4cccc5c4oc4ccccc45)cc3)cc(-c3cccc(-c4ccccc4C4(c5ccccc5)c5ccccc5-c5ccccc54)c3)n2)cc1. The van der Waals surface area contributed by atoms with Gasteiger partial charge in [-0.25, -0.2) is 9.97 Å². The van der Waals surface area contributed by atoms with E-state index in [0.29, 0.717) is 5.82 Å². The van der Waals surface area contributed by atoms with Crippen LogP contribution in [-0.4, -0.2) is 9.97 Å². The summed E-state index contributed by atoms with van der Waals surface area (Å²) < 4.78 is 6.40. The monoisotopic (exact) mass is 790 g/mol. The van der Waals surface area contributed by atoms with Gasteiger partial charge in [0.05, 0.1) is 16.8 Å². The summed E-state index contributed by atoms with van der Waals surface area (Å²) in [6.45, 7) is 0. The Morgan fingerprint density at radius 1 is 0.323 bits per heavy atom. The minimum atomic E-state index is -0.522. The normalized spacial score (nSPS) is 12.6. The lowest BCUT2D eigenvalue weighted by molar-refractivity contribution is 0.670. The first-order valence-corrected chi connectivity index (χ1v) is 21.1. The van der Waals surface area contributed by atoms with Crippen LogP contribution in [0.1, 0.15) is 22.3 Å². The third kappa shape index (κ3) is 5.67. The zero-order chi connectivity index (χ0) is 41.0. The van der Waals surface area contributed by atoms with E-state index >= 15 is 0 Å². The zero-order valence-electron chi connectivity index (χ0n) is 33.7. The van der Waals surface area contributed by atoms with Crippen LogP contribution in [0.15, 0.2) is 235 Å². The summed E-state index contributed by atoms with van der Waals surface area (Å²) >= 11 is 0. The molecule has 2 aromatic heterocycles. The van der Waals surface area contributed by atoms with Crippen LogP contribution in [0.4, 0.5) is 0 Å². The fraction of sp³-hybridized carbons (Fsp3) is 0.0169. The highest BCUT2D eigenvalue weighted by Crippen LogP contribution is 2.57. The molecule has 0 aliphatic heterocycles. The summed E-state index contributed by atoms with van der Waals surface area (Å²) in [5.74, 6) is 0.683. The lowest BCUT2D eigenvalue weighted by Crippen LogP contribution is -2.29. The predicted octanol–water partition coefficient (Wildman–Crippen LogP) is 15.1. The third-order valence-electron chi connectivity index (χ3n) is 12.6. The molecular formula is C59H38N2O. The molecule has 0 radical (unpaired) electrons. The first-order valence-electron chi connectivity index (χ1n) is 21.1. The van der Waals surface area contributed by atoms with Gasteiger partial charge in [-0.05, 0) is 68.3 Å². The van der Waals surface area contributed by atoms with Gasteiger partial charge in [-0.2, -0.15) is 0 Å². The van der Waals surface area contributed by atoms with E-state index in [2.05, 4.69) is 200 Å². The second-order valence-corrected chi connectivity index (χ2v) is 16.0. The molecule has 0 bridgehead atoms. The van der Waals surface area contributed by atoms with Gasteiger partial charge < -0.3 is 4.42 Å². The van der Waals surface area contributed by atoms with Crippen molar-refractivity contribution in [3.05, 3.63) is 253 Å². The largest absolute Gasteiger partial charge is 0.455 e. The van der Waals surface area contributed by atoms with Crippen LogP contribution in [0.2, 0.25) is 0 Å². The Hall–Kier alpha value is -8.14. The smallest absolute Gasteiger partial charge is 0.160 e. The number of hydrogen-bond donors (Lipinski definition) is 0. The molecule has 0 unspecified atom stereocenters. The molecule has 0 amide bonds. The number of para-hydroxylation sites is 2. The van der Waals surface area contributed by atoms with Gasteiger partial charge in [0.25, 0.3) is 0 Å². The van der Waals surface area contributed by atoms with Crippen molar-refractivity contribution in [1.82, 2.24) is 9.97 Å². The average Bonchev–Trinajstić information content (AvgIpc) is 3.89. The van der Waals surface area contributed by atoms with E-state index in [1.54, 1.807) is 0 Å². The molecule has 0 atom stereocenters. The molecule has 3 nitrogen and oxygen atoms in total. The Kier molecular flexibility index (Phi) is 8.39. The molecule has 0 spiro atoms. The highest BCUT2D eigenvalue weighted by Gasteiger charge is 2.46. The summed E-state index contributed by atoms with van der Waals surface area (Å²) in [7, 11) is 0. The Bertz CT molecular complexity index is 3410. The van der Waals surface area contributed by atoms with E-state index in [1.807, 2.05) is 30.3 Å². The fourth-order valence-electron chi connectivity index (χ4n) is 9.84. The quantitative estimate of drug-likeness (QED) is 0.161. The molecule has 1 aliphatic rings. The highest BCUT2D eigenvalue weighted by atomic mass is 16.3. The van der Waals surface area contributed by atoms with Gasteiger partial charge in [0.1, 0.15) is 11.2 Å². The molecule has 9 aromatic carbocycles. The molecule has 0 saturated heterocycles. The summed E-state index contributed by atoms with van der Waals surface area (Å²) in [4.78, 5) is 10.4. The Labute approximate surface area is 360 Å². The molecule has 3 heteroatoms. The zero-order valence-corrected chi connectivity index (χ0v) is 33.7. The first kappa shape index (κ1) is 35.8. The van der Waals surface area contributed by atoms with Gasteiger partial charge in [0.15, 0.2) is 5.82 Å². The standard InChI is InChI=1S/C59H38N2O/c1-3-17-41(18-4-1)58-60-54(40-35-33-39(34-36-40)46-27-16-28-50-49-26-10-14-32-56(49)62-57(46)50)38-55(61-58)43-20-15-19-42(37-43)45-23-7-11-29-51(45)59(44-21-5-2-6-22-44)52-30-12-8-24-47(52)48-25-9-13-31-53(48)59/h1-38H. The lowest BCUT2D eigenvalue weighted by atomic mass is 9.66. The predicted molar refractivity (Wildman–Crippen MR) is 254 cm³/mol. The van der Waals surface area contributed by atoms with E-state index in [4.69, 9.17) is 14.4 Å². The molecule has 12 rings (SSSR count). The van der Waals surface area contributed by atoms with Crippen molar-refractivity contribution in [2.24, 2.45) is 0 Å². The van der Waals surface area contributed by atoms with E-state index in [9.17, 15) is 0 Å². The number of benzene rings is 9. The maximum Gasteiger partial charge on any atom is 0.160 e. The number of rotatable bonds is 7. The minimum absolute atomic E-state index is 0.522. The molecule has 0 N–H and O–H groups in total. The van der Waals surface area contributed by atoms with Crippen molar-refractivity contribution in [3.8, 4) is 67.3 Å². The number of aromatic nitrogens is 2. The van der Waals surface area contributed by atoms with E-state index < -0.39 is 5.41 Å². The van der Waals surface area contributed by atoms with Crippen LogP contribution >= 0.6 is 0 Å². The second-order valence-electron chi connectivity index (χ2n) is 16.0. The maximum atomic E-state index is 6.40. The van der Waals surface area contributed by atoms with E-state index in [1.165, 1.54) is 38.9 Å². The van der Waals surface area contributed by atoms with Crippen LogP contribution in [0.3, 0.4) is 0 Å². The van der Waals surface area contributed by atoms with Gasteiger partial charge in [-0.3, -0.25) is 0 Å². The number of hydrogen-bond acceptors (Lipinski definition) is 3. The van der Waals surface area contributed by atoms with Crippen LogP contribution in [-0.2, 0) is 5.41 Å². The second kappa shape index (κ2) is 14.5. The molecule has 290 valence electrons. The van der Waals surface area contributed by atoms with Crippen molar-refractivity contribution in [2.75, 3.05) is 0 Å². The summed E-state index contributed by atoms with van der Waals surface area (Å²) in [5.41, 5.74) is 18.1. The van der Waals surface area contributed by atoms with Crippen LogP contribution in [0.25, 0.3) is 89.2 Å². The van der Waals surface area contributed by atoms with Crippen molar-refractivity contribution in [3.63, 3.8) is 0 Å². The lowest BCUT2D eigenvalue weighted by Gasteiger charge is -2.35. The van der Waals surface area contributed by atoms with Crippen molar-refractivity contribution in [1.29, 1.82) is 0 Å². The summed E-state index contributed by atoms with van der Waals surface area (Å²) in [6, 6.07) is 82.3. The minimum Gasteiger partial charge on any atom is -0.455 e. The first-order chi connectivity index (χ1) is 30.7. The summed E-state index contributed by atoms with van der Waals surface area (Å²) in [6.07, 6.45) is 0. The maximum absolute atomic E-state index is 6.40. The number of nitrogens with zero attached hydrogens (tertiary/aromatic N) is 2. The number of furan rings is 1. The van der Waals surface area contributed by atoms with Gasteiger partial charge >= 0.3 is 0 Å². The van der Waals surface area contributed by atoms with Crippen molar-refractivity contribution >= 4 is 21.9 Å². The molecule has 2 heterocycles. The van der Waals surface area contributed by atoms with Gasteiger partial charge in [-0.1, -0.05) is 212 Å². The molecule has 62 heavy (non-hydrogen) atoms. The fourth-order valence-corrected chi connectivity index (χ4v) is 9.84. The van der Waals surface area contributed by atoms with Crippen LogP contribution in [0, 0.1) is 0 Å². The summed E-state index contributed by atoms with van der Waals surface area (Å²) in [5, 5.41) is 2.24. The Morgan fingerprint density at radius 3 is 1.55 bits per heavy atom. The third-order valence-corrected chi connectivity index (χ3v) is 12.6. The van der Waals surface area contributed by atoms with Crippen molar-refractivity contribution in [2.45, 2.75) is 5.41 Å². The molecule has 1 aliphatic carbocycles. The van der Waals surface area contributed by atoms with Gasteiger partial charge in [0, 0.05) is 33.0 Å². The van der Waals surface area contributed by atoms with Gasteiger partial charge in [-0.15, -0.1) is 0 Å². The Balaban J connectivity index is 0.993. The number of fused-ring (bicyclic) bond motifs is 6. The molecular weight excluding hydrogens is 753 g/mol. The van der Waals surface area contributed by atoms with E-state index in [-0.39, 0.29) is 0 Å². The van der Waals surface area contributed by atoms with E-state index in [0.717, 1.165) is 66.7 Å². The van der Waals surface area contributed by atoms with Gasteiger partial charge in [0.2, 0.25) is 0 Å².